The summed E-state index contributed by atoms with van der Waals surface area (Å²) in [4.78, 5) is 4.74. The van der Waals surface area contributed by atoms with Crippen LogP contribution in [-0.4, -0.2) is 26.5 Å². The summed E-state index contributed by atoms with van der Waals surface area (Å²) < 4.78 is 3.95. The van der Waals surface area contributed by atoms with Crippen LogP contribution in [0.1, 0.15) is 0 Å². The first-order valence-corrected chi connectivity index (χ1v) is 4.98. The Morgan fingerprint density at radius 1 is 1.40 bits per heavy atom. The van der Waals surface area contributed by atoms with E-state index in [9.17, 15) is 0 Å². The fourth-order valence-corrected chi connectivity index (χ4v) is 1.80. The lowest BCUT2D eigenvalue weighted by Crippen LogP contribution is -2.30. The van der Waals surface area contributed by atoms with Crippen molar-refractivity contribution in [2.45, 2.75) is 0 Å². The monoisotopic (exact) mass is 221 g/mol. The molecule has 15 heavy (non-hydrogen) atoms. The first-order valence-electron chi connectivity index (χ1n) is 4.21. The summed E-state index contributed by atoms with van der Waals surface area (Å²) >= 11 is 1.28. The van der Waals surface area contributed by atoms with Crippen LogP contribution in [0.5, 0.6) is 0 Å². The summed E-state index contributed by atoms with van der Waals surface area (Å²) in [6.07, 6.45) is 2.99. The minimum Gasteiger partial charge on any atom is -0.423 e. The molecular formula is C8H8BN3O2S. The summed E-state index contributed by atoms with van der Waals surface area (Å²) in [6.45, 7) is 0. The van der Waals surface area contributed by atoms with Crippen LogP contribution in [0, 0.1) is 0 Å². The van der Waals surface area contributed by atoms with Crippen LogP contribution >= 0.6 is 11.5 Å². The van der Waals surface area contributed by atoms with Crippen molar-refractivity contribution < 1.29 is 10.0 Å². The van der Waals surface area contributed by atoms with Crippen molar-refractivity contribution in [3.63, 3.8) is 0 Å². The molecule has 0 saturated carbocycles. The van der Waals surface area contributed by atoms with E-state index in [4.69, 9.17) is 15.8 Å². The molecule has 0 spiro atoms. The molecule has 2 rings (SSSR count). The van der Waals surface area contributed by atoms with Gasteiger partial charge in [0.1, 0.15) is 5.82 Å². The number of rotatable bonds is 2. The average Bonchev–Trinajstić information content (AvgIpc) is 2.71. The molecule has 0 radical (unpaired) electrons. The summed E-state index contributed by atoms with van der Waals surface area (Å²) in [6, 6.07) is 3.39. The summed E-state index contributed by atoms with van der Waals surface area (Å²) in [5.41, 5.74) is 6.67. The van der Waals surface area contributed by atoms with Gasteiger partial charge in [-0.2, -0.15) is 0 Å². The number of pyridine rings is 1. The Bertz CT molecular complexity index is 461. The average molecular weight is 221 g/mol. The van der Waals surface area contributed by atoms with E-state index in [1.165, 1.54) is 17.7 Å². The molecule has 2 aromatic rings. The molecule has 0 aromatic carbocycles. The molecule has 2 heterocycles. The van der Waals surface area contributed by atoms with Crippen LogP contribution in [0.3, 0.4) is 0 Å². The van der Waals surface area contributed by atoms with E-state index in [0.29, 0.717) is 16.8 Å². The lowest BCUT2D eigenvalue weighted by atomic mass is 9.81. The molecule has 4 N–H and O–H groups in total. The van der Waals surface area contributed by atoms with Gasteiger partial charge in [-0.3, -0.25) is 0 Å². The zero-order chi connectivity index (χ0) is 10.8. The quantitative estimate of drug-likeness (QED) is 0.592. The van der Waals surface area contributed by atoms with Gasteiger partial charge in [0.15, 0.2) is 0 Å². The Balaban J connectivity index is 2.51. The third-order valence-electron chi connectivity index (χ3n) is 1.94. The Kier molecular flexibility index (Phi) is 2.67. The molecule has 0 amide bonds. The second-order valence-corrected chi connectivity index (χ2v) is 3.79. The summed E-state index contributed by atoms with van der Waals surface area (Å²) in [5, 5.41) is 18.0. The third kappa shape index (κ3) is 1.99. The SMILES string of the molecule is Nc1ncc(B(O)O)cc1-c1ccns1. The fourth-order valence-electron chi connectivity index (χ4n) is 1.18. The van der Waals surface area contributed by atoms with Crippen LogP contribution in [0.15, 0.2) is 24.5 Å². The van der Waals surface area contributed by atoms with Crippen LogP contribution in [0.25, 0.3) is 10.4 Å². The van der Waals surface area contributed by atoms with Crippen molar-refractivity contribution in [1.29, 1.82) is 0 Å². The number of nitrogens with two attached hydrogens (primary N) is 1. The lowest BCUT2D eigenvalue weighted by Gasteiger charge is -2.04. The van der Waals surface area contributed by atoms with Crippen LogP contribution in [0.4, 0.5) is 5.82 Å². The molecule has 76 valence electrons. The van der Waals surface area contributed by atoms with E-state index in [-0.39, 0.29) is 0 Å². The molecule has 0 bridgehead atoms. The number of aromatic nitrogens is 2. The predicted molar refractivity (Wildman–Crippen MR) is 59.6 cm³/mol. The standard InChI is InChI=1S/C8H8BN3O2S/c10-8-6(7-1-2-12-15-7)3-5(4-11-8)9(13)14/h1-4,13-14H,(H2,10,11). The van der Waals surface area contributed by atoms with E-state index >= 15 is 0 Å². The Labute approximate surface area is 90.5 Å². The Morgan fingerprint density at radius 3 is 2.80 bits per heavy atom. The van der Waals surface area contributed by atoms with E-state index in [2.05, 4.69) is 9.36 Å². The van der Waals surface area contributed by atoms with E-state index < -0.39 is 7.12 Å². The smallest absolute Gasteiger partial charge is 0.423 e. The highest BCUT2D eigenvalue weighted by molar-refractivity contribution is 7.09. The highest BCUT2D eigenvalue weighted by Gasteiger charge is 2.14. The van der Waals surface area contributed by atoms with Crippen molar-refractivity contribution >= 4 is 29.9 Å². The van der Waals surface area contributed by atoms with E-state index in [0.717, 1.165) is 4.88 Å². The van der Waals surface area contributed by atoms with Crippen LogP contribution in [0.2, 0.25) is 0 Å². The van der Waals surface area contributed by atoms with Crippen molar-refractivity contribution in [3.05, 3.63) is 24.5 Å². The number of nitrogen functional groups attached to an aromatic ring is 1. The van der Waals surface area contributed by atoms with Gasteiger partial charge in [-0.25, -0.2) is 9.36 Å². The normalized spacial score (nSPS) is 10.3. The molecular weight excluding hydrogens is 213 g/mol. The van der Waals surface area contributed by atoms with Crippen molar-refractivity contribution in [2.24, 2.45) is 0 Å². The highest BCUT2D eigenvalue weighted by atomic mass is 32.1. The second kappa shape index (κ2) is 3.97. The molecule has 5 nitrogen and oxygen atoms in total. The van der Waals surface area contributed by atoms with Gasteiger partial charge in [0.05, 0.1) is 4.88 Å². The van der Waals surface area contributed by atoms with Gasteiger partial charge in [0.2, 0.25) is 0 Å². The molecule has 0 saturated heterocycles. The number of anilines is 1. The predicted octanol–water partition coefficient (Wildman–Crippen LogP) is -0.533. The topological polar surface area (TPSA) is 92.3 Å². The van der Waals surface area contributed by atoms with E-state index in [1.54, 1.807) is 18.3 Å². The van der Waals surface area contributed by atoms with Crippen molar-refractivity contribution in [3.8, 4) is 10.4 Å². The van der Waals surface area contributed by atoms with Gasteiger partial charge >= 0.3 is 7.12 Å². The Hall–Kier alpha value is -1.44. The number of hydrogen-bond acceptors (Lipinski definition) is 6. The zero-order valence-corrected chi connectivity index (χ0v) is 8.48. The summed E-state index contributed by atoms with van der Waals surface area (Å²) in [7, 11) is -1.54. The van der Waals surface area contributed by atoms with Crippen molar-refractivity contribution in [2.75, 3.05) is 5.73 Å². The summed E-state index contributed by atoms with van der Waals surface area (Å²) in [5.74, 6) is 0.351. The van der Waals surface area contributed by atoms with Crippen molar-refractivity contribution in [1.82, 2.24) is 9.36 Å². The number of hydrogen-bond donors (Lipinski definition) is 3. The maximum Gasteiger partial charge on any atom is 0.490 e. The van der Waals surface area contributed by atoms with Gasteiger partial charge < -0.3 is 15.8 Å². The molecule has 0 aliphatic rings. The fraction of sp³-hybridized carbons (Fsp3) is 0. The van der Waals surface area contributed by atoms with Gasteiger partial charge in [-0.15, -0.1) is 0 Å². The number of nitrogens with zero attached hydrogens (tertiary/aromatic N) is 2. The zero-order valence-electron chi connectivity index (χ0n) is 7.66. The molecule has 0 unspecified atom stereocenters. The highest BCUT2D eigenvalue weighted by Crippen LogP contribution is 2.25. The molecule has 7 heteroatoms. The molecule has 0 aliphatic carbocycles. The first-order chi connectivity index (χ1) is 7.18. The molecule has 0 fully saturated rings. The maximum atomic E-state index is 9.00. The minimum atomic E-state index is -1.54. The van der Waals surface area contributed by atoms with E-state index in [1.807, 2.05) is 0 Å². The van der Waals surface area contributed by atoms with Gasteiger partial charge in [-0.05, 0) is 23.7 Å². The van der Waals surface area contributed by atoms with Gasteiger partial charge in [-0.1, -0.05) is 0 Å². The lowest BCUT2D eigenvalue weighted by molar-refractivity contribution is 0.425. The Morgan fingerprint density at radius 2 is 2.20 bits per heavy atom. The van der Waals surface area contributed by atoms with Crippen LogP contribution in [-0.2, 0) is 0 Å². The minimum absolute atomic E-state index is 0.313. The second-order valence-electron chi connectivity index (χ2n) is 2.95. The van der Waals surface area contributed by atoms with Crippen LogP contribution < -0.4 is 11.2 Å². The van der Waals surface area contributed by atoms with Gasteiger partial charge in [0.25, 0.3) is 0 Å². The first kappa shape index (κ1) is 10.1. The van der Waals surface area contributed by atoms with Gasteiger partial charge in [0, 0.05) is 23.4 Å². The third-order valence-corrected chi connectivity index (χ3v) is 2.72. The largest absolute Gasteiger partial charge is 0.490 e. The maximum absolute atomic E-state index is 9.00. The molecule has 0 aliphatic heterocycles. The molecule has 2 aromatic heterocycles. The molecule has 0 atom stereocenters.